The minimum Gasteiger partial charge on any atom is -0.449 e. The van der Waals surface area contributed by atoms with Gasteiger partial charge in [-0.05, 0) is 56.9 Å². The van der Waals surface area contributed by atoms with Crippen molar-refractivity contribution in [3.05, 3.63) is 48.0 Å². The number of nitrogens with zero attached hydrogens (tertiary/aromatic N) is 1. The first-order valence-corrected chi connectivity index (χ1v) is 9.00. The highest BCUT2D eigenvalue weighted by Crippen LogP contribution is 2.24. The Balaban J connectivity index is 1.76. The van der Waals surface area contributed by atoms with E-state index >= 15 is 0 Å². The van der Waals surface area contributed by atoms with Crippen molar-refractivity contribution >= 4 is 22.6 Å². The number of carbonyl (C=O) groups is 2. The van der Waals surface area contributed by atoms with Crippen LogP contribution in [-0.4, -0.2) is 35.0 Å². The van der Waals surface area contributed by atoms with Crippen molar-refractivity contribution in [2.75, 3.05) is 0 Å². The highest BCUT2D eigenvalue weighted by molar-refractivity contribution is 6.05. The van der Waals surface area contributed by atoms with Crippen LogP contribution in [-0.2, 0) is 9.53 Å². The smallest absolute Gasteiger partial charge is 0.339 e. The van der Waals surface area contributed by atoms with Crippen molar-refractivity contribution < 1.29 is 14.3 Å². The number of hydrogen-bond donors (Lipinski definition) is 0. The summed E-state index contributed by atoms with van der Waals surface area (Å²) in [5.74, 6) is -0.553. The van der Waals surface area contributed by atoms with E-state index < -0.39 is 12.1 Å². The first kappa shape index (κ1) is 17.5. The van der Waals surface area contributed by atoms with Crippen LogP contribution in [0.1, 0.15) is 50.4 Å². The highest BCUT2D eigenvalue weighted by Gasteiger charge is 2.33. The molecule has 0 bridgehead atoms. The lowest BCUT2D eigenvalue weighted by Gasteiger charge is -2.40. The molecule has 0 aromatic heterocycles. The van der Waals surface area contributed by atoms with Gasteiger partial charge in [-0.2, -0.15) is 0 Å². The zero-order chi connectivity index (χ0) is 18.0. The first-order chi connectivity index (χ1) is 12.0. The molecule has 3 atom stereocenters. The normalized spacial score (nSPS) is 21.8. The third-order valence-corrected chi connectivity index (χ3v) is 5.09. The zero-order valence-electron chi connectivity index (χ0n) is 15.1. The molecule has 1 aliphatic rings. The topological polar surface area (TPSA) is 46.6 Å². The first-order valence-electron chi connectivity index (χ1n) is 9.00. The molecule has 25 heavy (non-hydrogen) atoms. The Morgan fingerprint density at radius 1 is 1.04 bits per heavy atom. The Hall–Kier alpha value is -2.36. The number of rotatable bonds is 3. The second-order valence-corrected chi connectivity index (χ2v) is 6.95. The van der Waals surface area contributed by atoms with Crippen LogP contribution in [0.5, 0.6) is 0 Å². The van der Waals surface area contributed by atoms with Gasteiger partial charge in [0, 0.05) is 12.1 Å². The number of esters is 1. The molecule has 0 unspecified atom stereocenters. The summed E-state index contributed by atoms with van der Waals surface area (Å²) in [7, 11) is 0. The van der Waals surface area contributed by atoms with Crippen LogP contribution >= 0.6 is 0 Å². The van der Waals surface area contributed by atoms with E-state index in [4.69, 9.17) is 4.74 Å². The molecule has 0 radical (unpaired) electrons. The molecule has 1 aliphatic heterocycles. The maximum absolute atomic E-state index is 12.8. The molecule has 1 amide bonds. The molecule has 1 heterocycles. The van der Waals surface area contributed by atoms with Gasteiger partial charge in [0.1, 0.15) is 0 Å². The molecule has 2 aromatic carbocycles. The maximum Gasteiger partial charge on any atom is 0.339 e. The fraction of sp³-hybridized carbons (Fsp3) is 0.429. The van der Waals surface area contributed by atoms with Gasteiger partial charge in [0.15, 0.2) is 6.10 Å². The van der Waals surface area contributed by atoms with Gasteiger partial charge in [0.2, 0.25) is 0 Å². The molecule has 1 saturated heterocycles. The molecular weight excluding hydrogens is 314 g/mol. The summed E-state index contributed by atoms with van der Waals surface area (Å²) in [6.45, 7) is 5.79. The predicted octanol–water partition coefficient (Wildman–Crippen LogP) is 4.17. The van der Waals surface area contributed by atoms with Crippen molar-refractivity contribution in [1.82, 2.24) is 4.90 Å². The quantitative estimate of drug-likeness (QED) is 0.788. The number of fused-ring (bicyclic) bond motifs is 1. The number of benzene rings is 2. The van der Waals surface area contributed by atoms with Gasteiger partial charge in [-0.25, -0.2) is 4.79 Å². The third kappa shape index (κ3) is 3.53. The molecule has 0 spiro atoms. The molecule has 4 heteroatoms. The summed E-state index contributed by atoms with van der Waals surface area (Å²) in [5.41, 5.74) is 0.498. The van der Waals surface area contributed by atoms with Gasteiger partial charge >= 0.3 is 5.97 Å². The average Bonchev–Trinajstić information content (AvgIpc) is 2.60. The Kier molecular flexibility index (Phi) is 5.07. The van der Waals surface area contributed by atoms with Crippen LogP contribution in [0.25, 0.3) is 10.8 Å². The van der Waals surface area contributed by atoms with E-state index in [1.165, 1.54) is 0 Å². The second kappa shape index (κ2) is 7.26. The number of piperidine rings is 1. The van der Waals surface area contributed by atoms with E-state index in [1.807, 2.05) is 41.3 Å². The number of likely N-dealkylation sites (tertiary alicyclic amines) is 1. The fourth-order valence-corrected chi connectivity index (χ4v) is 3.74. The monoisotopic (exact) mass is 339 g/mol. The maximum atomic E-state index is 12.8. The van der Waals surface area contributed by atoms with Gasteiger partial charge in [-0.3, -0.25) is 4.79 Å². The van der Waals surface area contributed by atoms with Crippen LogP contribution < -0.4 is 0 Å². The summed E-state index contributed by atoms with van der Waals surface area (Å²) in [6.07, 6.45) is 2.35. The SMILES string of the molecule is C[C@@H](OC(=O)c1cccc2ccccc12)C(=O)N1[C@@H](C)CCC[C@@H]1C. The third-order valence-electron chi connectivity index (χ3n) is 5.09. The van der Waals surface area contributed by atoms with Crippen molar-refractivity contribution in [2.24, 2.45) is 0 Å². The van der Waals surface area contributed by atoms with Crippen LogP contribution in [0.3, 0.4) is 0 Å². The van der Waals surface area contributed by atoms with Crippen LogP contribution in [0.15, 0.2) is 42.5 Å². The lowest BCUT2D eigenvalue weighted by molar-refractivity contribution is -0.146. The predicted molar refractivity (Wildman–Crippen MR) is 98.4 cm³/mol. The average molecular weight is 339 g/mol. The summed E-state index contributed by atoms with van der Waals surface area (Å²) in [4.78, 5) is 27.3. The molecular formula is C21H25NO3. The summed E-state index contributed by atoms with van der Waals surface area (Å²) >= 11 is 0. The lowest BCUT2D eigenvalue weighted by Crippen LogP contribution is -2.51. The molecule has 2 aromatic rings. The molecule has 0 saturated carbocycles. The van der Waals surface area contributed by atoms with E-state index in [9.17, 15) is 9.59 Å². The minimum absolute atomic E-state index is 0.103. The van der Waals surface area contributed by atoms with Crippen LogP contribution in [0.2, 0.25) is 0 Å². The van der Waals surface area contributed by atoms with Gasteiger partial charge in [0.25, 0.3) is 5.91 Å². The van der Waals surface area contributed by atoms with Crippen molar-refractivity contribution in [1.29, 1.82) is 0 Å². The highest BCUT2D eigenvalue weighted by atomic mass is 16.5. The molecule has 1 fully saturated rings. The Labute approximate surface area is 148 Å². The molecule has 3 rings (SSSR count). The molecule has 0 N–H and O–H groups in total. The van der Waals surface area contributed by atoms with Crippen molar-refractivity contribution in [3.8, 4) is 0 Å². The number of hydrogen-bond acceptors (Lipinski definition) is 3. The molecule has 132 valence electrons. The van der Waals surface area contributed by atoms with E-state index in [1.54, 1.807) is 13.0 Å². The number of ether oxygens (including phenoxy) is 1. The van der Waals surface area contributed by atoms with E-state index in [0.29, 0.717) is 5.56 Å². The molecule has 4 nitrogen and oxygen atoms in total. The largest absolute Gasteiger partial charge is 0.449 e. The van der Waals surface area contributed by atoms with E-state index in [2.05, 4.69) is 13.8 Å². The van der Waals surface area contributed by atoms with Gasteiger partial charge < -0.3 is 9.64 Å². The van der Waals surface area contributed by atoms with E-state index in [-0.39, 0.29) is 18.0 Å². The van der Waals surface area contributed by atoms with Crippen LogP contribution in [0, 0.1) is 0 Å². The van der Waals surface area contributed by atoms with Crippen molar-refractivity contribution in [2.45, 2.75) is 58.2 Å². The van der Waals surface area contributed by atoms with Gasteiger partial charge in [0.05, 0.1) is 5.56 Å². The Morgan fingerprint density at radius 3 is 2.40 bits per heavy atom. The number of carbonyl (C=O) groups excluding carboxylic acids is 2. The summed E-state index contributed by atoms with van der Waals surface area (Å²) in [6, 6.07) is 13.6. The van der Waals surface area contributed by atoms with Crippen molar-refractivity contribution in [3.63, 3.8) is 0 Å². The Bertz CT molecular complexity index is 770. The summed E-state index contributed by atoms with van der Waals surface area (Å²) in [5, 5.41) is 1.82. The fourth-order valence-electron chi connectivity index (χ4n) is 3.74. The molecule has 0 aliphatic carbocycles. The lowest BCUT2D eigenvalue weighted by atomic mass is 9.97. The zero-order valence-corrected chi connectivity index (χ0v) is 15.1. The Morgan fingerprint density at radius 2 is 1.68 bits per heavy atom. The second-order valence-electron chi connectivity index (χ2n) is 6.95. The van der Waals surface area contributed by atoms with E-state index in [0.717, 1.165) is 30.0 Å². The van der Waals surface area contributed by atoms with Crippen LogP contribution in [0.4, 0.5) is 0 Å². The number of amides is 1. The summed E-state index contributed by atoms with van der Waals surface area (Å²) < 4.78 is 5.53. The standard InChI is InChI=1S/C21H25NO3/c1-14-8-6-9-15(2)22(14)20(23)16(3)25-21(24)19-13-7-11-17-10-4-5-12-18(17)19/h4-5,7,10-16H,6,8-9H2,1-3H3/t14-,15-,16+/m0/s1. The minimum atomic E-state index is -0.783. The van der Waals surface area contributed by atoms with Gasteiger partial charge in [-0.15, -0.1) is 0 Å². The van der Waals surface area contributed by atoms with Gasteiger partial charge in [-0.1, -0.05) is 36.4 Å².